The molecule has 1 saturated heterocycles. The SMILES string of the molecule is CC(C)(C)Sc1ccc(NC(=O)N2CC[C@H](C(C)(C)C)[C@H](O)C2)cc1. The lowest BCUT2D eigenvalue weighted by atomic mass is 9.74. The maximum atomic E-state index is 12.5. The number of nitrogens with zero attached hydrogens (tertiary/aromatic N) is 1. The maximum absolute atomic E-state index is 12.5. The first-order valence-electron chi connectivity index (χ1n) is 8.99. The number of urea groups is 1. The first-order chi connectivity index (χ1) is 11.5. The Labute approximate surface area is 156 Å². The van der Waals surface area contributed by atoms with Gasteiger partial charge >= 0.3 is 6.03 Å². The number of benzene rings is 1. The number of β-amino-alcohol motifs (C(OH)–C–C–N with tert-alkyl or cyclic N) is 1. The summed E-state index contributed by atoms with van der Waals surface area (Å²) in [4.78, 5) is 15.4. The largest absolute Gasteiger partial charge is 0.391 e. The molecule has 1 aromatic carbocycles. The molecule has 2 N–H and O–H groups in total. The molecule has 1 fully saturated rings. The lowest BCUT2D eigenvalue weighted by Gasteiger charge is -2.42. The Balaban J connectivity index is 1.92. The molecule has 0 radical (unpaired) electrons. The van der Waals surface area contributed by atoms with E-state index in [0.29, 0.717) is 13.1 Å². The molecule has 5 heteroatoms. The fourth-order valence-electron chi connectivity index (χ4n) is 3.29. The predicted molar refractivity (Wildman–Crippen MR) is 106 cm³/mol. The van der Waals surface area contributed by atoms with Crippen LogP contribution in [0.5, 0.6) is 0 Å². The zero-order chi connectivity index (χ0) is 18.8. The number of aliphatic hydroxyl groups is 1. The van der Waals surface area contributed by atoms with E-state index >= 15 is 0 Å². The van der Waals surface area contributed by atoms with Gasteiger partial charge in [0.25, 0.3) is 0 Å². The van der Waals surface area contributed by atoms with Gasteiger partial charge in [0.2, 0.25) is 0 Å². The summed E-state index contributed by atoms with van der Waals surface area (Å²) in [5.41, 5.74) is 0.846. The number of amides is 2. The van der Waals surface area contributed by atoms with Crippen LogP contribution in [0.3, 0.4) is 0 Å². The van der Waals surface area contributed by atoms with Crippen LogP contribution >= 0.6 is 11.8 Å². The van der Waals surface area contributed by atoms with Gasteiger partial charge in [-0.15, -0.1) is 11.8 Å². The molecule has 1 heterocycles. The van der Waals surface area contributed by atoms with Crippen molar-refractivity contribution in [3.63, 3.8) is 0 Å². The van der Waals surface area contributed by atoms with Crippen LogP contribution in [0.15, 0.2) is 29.2 Å². The number of hydrogen-bond acceptors (Lipinski definition) is 3. The van der Waals surface area contributed by atoms with Crippen molar-refractivity contribution >= 4 is 23.5 Å². The molecule has 2 atom stereocenters. The highest BCUT2D eigenvalue weighted by Gasteiger charge is 2.37. The molecule has 1 aromatic rings. The third-order valence-corrected chi connectivity index (χ3v) is 5.63. The van der Waals surface area contributed by atoms with Crippen molar-refractivity contribution in [2.24, 2.45) is 11.3 Å². The quantitative estimate of drug-likeness (QED) is 0.739. The van der Waals surface area contributed by atoms with Crippen molar-refractivity contribution in [3.8, 4) is 0 Å². The number of rotatable bonds is 2. The molecule has 1 aliphatic heterocycles. The second-order valence-corrected chi connectivity index (χ2v) is 10.8. The highest BCUT2D eigenvalue weighted by molar-refractivity contribution is 8.00. The highest BCUT2D eigenvalue weighted by Crippen LogP contribution is 2.35. The molecule has 4 nitrogen and oxygen atoms in total. The molecule has 2 amide bonds. The molecule has 140 valence electrons. The summed E-state index contributed by atoms with van der Waals surface area (Å²) < 4.78 is 0.165. The smallest absolute Gasteiger partial charge is 0.321 e. The van der Waals surface area contributed by atoms with Gasteiger partial charge in [-0.2, -0.15) is 0 Å². The third kappa shape index (κ3) is 5.93. The van der Waals surface area contributed by atoms with E-state index in [9.17, 15) is 9.90 Å². The zero-order valence-electron chi connectivity index (χ0n) is 16.3. The highest BCUT2D eigenvalue weighted by atomic mass is 32.2. The van der Waals surface area contributed by atoms with Gasteiger partial charge in [-0.25, -0.2) is 4.79 Å². The predicted octanol–water partition coefficient (Wildman–Crippen LogP) is 4.84. The number of anilines is 1. The summed E-state index contributed by atoms with van der Waals surface area (Å²) in [6, 6.07) is 7.80. The van der Waals surface area contributed by atoms with Crippen LogP contribution in [0.4, 0.5) is 10.5 Å². The number of thioether (sulfide) groups is 1. The molecule has 0 bridgehead atoms. The molecule has 0 saturated carbocycles. The molecule has 2 rings (SSSR count). The fourth-order valence-corrected chi connectivity index (χ4v) is 4.27. The first kappa shape index (κ1) is 20.1. The van der Waals surface area contributed by atoms with Crippen LogP contribution < -0.4 is 5.32 Å². The fraction of sp³-hybridized carbons (Fsp3) is 0.650. The Morgan fingerprint density at radius 3 is 2.24 bits per heavy atom. The molecule has 0 aliphatic carbocycles. The summed E-state index contributed by atoms with van der Waals surface area (Å²) in [5.74, 6) is 0.227. The Bertz CT molecular complexity index is 587. The Kier molecular flexibility index (Phi) is 6.10. The lowest BCUT2D eigenvalue weighted by molar-refractivity contribution is -0.0107. The molecule has 25 heavy (non-hydrogen) atoms. The maximum Gasteiger partial charge on any atom is 0.321 e. The molecule has 0 spiro atoms. The van der Waals surface area contributed by atoms with Crippen molar-refractivity contribution in [1.82, 2.24) is 4.90 Å². The third-order valence-electron chi connectivity index (χ3n) is 4.51. The van der Waals surface area contributed by atoms with Gasteiger partial charge < -0.3 is 15.3 Å². The minimum absolute atomic E-state index is 0.0581. The number of carbonyl (C=O) groups is 1. The van der Waals surface area contributed by atoms with E-state index in [2.05, 4.69) is 46.9 Å². The summed E-state index contributed by atoms with van der Waals surface area (Å²) in [7, 11) is 0. The van der Waals surface area contributed by atoms with E-state index < -0.39 is 6.10 Å². The van der Waals surface area contributed by atoms with Crippen LogP contribution in [-0.4, -0.2) is 40.0 Å². The van der Waals surface area contributed by atoms with E-state index in [4.69, 9.17) is 0 Å². The van der Waals surface area contributed by atoms with E-state index in [1.165, 1.54) is 4.90 Å². The number of hydrogen-bond donors (Lipinski definition) is 2. The lowest BCUT2D eigenvalue weighted by Crippen LogP contribution is -2.51. The average Bonchev–Trinajstić information content (AvgIpc) is 2.46. The van der Waals surface area contributed by atoms with E-state index in [0.717, 1.165) is 12.1 Å². The van der Waals surface area contributed by atoms with Crippen molar-refractivity contribution in [3.05, 3.63) is 24.3 Å². The van der Waals surface area contributed by atoms with Crippen LogP contribution in [0.25, 0.3) is 0 Å². The number of aliphatic hydroxyl groups excluding tert-OH is 1. The Hall–Kier alpha value is -1.20. The Morgan fingerprint density at radius 2 is 1.76 bits per heavy atom. The summed E-state index contributed by atoms with van der Waals surface area (Å²) in [5, 5.41) is 13.4. The zero-order valence-corrected chi connectivity index (χ0v) is 17.1. The molecule has 0 aromatic heterocycles. The topological polar surface area (TPSA) is 52.6 Å². The number of nitrogens with one attached hydrogen (secondary N) is 1. The van der Waals surface area contributed by atoms with Gasteiger partial charge in [0.1, 0.15) is 0 Å². The van der Waals surface area contributed by atoms with Crippen LogP contribution in [0.1, 0.15) is 48.0 Å². The summed E-state index contributed by atoms with van der Waals surface area (Å²) >= 11 is 1.80. The van der Waals surface area contributed by atoms with Gasteiger partial charge in [-0.1, -0.05) is 41.5 Å². The second-order valence-electron chi connectivity index (χ2n) is 8.94. The standard InChI is InChI=1S/C20H32N2O2S/c1-19(2,3)16-11-12-22(13-17(16)23)18(24)21-14-7-9-15(10-8-14)25-20(4,5)6/h7-10,16-17,23H,11-13H2,1-6H3,(H,21,24)/t16-,17+/m0/s1. The van der Waals surface area contributed by atoms with Gasteiger partial charge in [0, 0.05) is 28.4 Å². The van der Waals surface area contributed by atoms with Crippen LogP contribution in [0.2, 0.25) is 0 Å². The minimum Gasteiger partial charge on any atom is -0.391 e. The van der Waals surface area contributed by atoms with E-state index in [1.807, 2.05) is 24.3 Å². The van der Waals surface area contributed by atoms with Crippen molar-refractivity contribution < 1.29 is 9.90 Å². The number of carbonyl (C=O) groups excluding carboxylic acids is 1. The normalized spacial score (nSPS) is 22.0. The van der Waals surface area contributed by atoms with Gasteiger partial charge in [-0.05, 0) is 42.0 Å². The monoisotopic (exact) mass is 364 g/mol. The van der Waals surface area contributed by atoms with Crippen molar-refractivity contribution in [2.75, 3.05) is 18.4 Å². The van der Waals surface area contributed by atoms with Crippen molar-refractivity contribution in [2.45, 2.75) is 63.7 Å². The van der Waals surface area contributed by atoms with E-state index in [-0.39, 0.29) is 22.1 Å². The van der Waals surface area contributed by atoms with E-state index in [1.54, 1.807) is 16.7 Å². The summed E-state index contributed by atoms with van der Waals surface area (Å²) in [6.45, 7) is 14.1. The van der Waals surface area contributed by atoms with Gasteiger partial charge in [0.05, 0.1) is 6.10 Å². The van der Waals surface area contributed by atoms with Crippen molar-refractivity contribution in [1.29, 1.82) is 0 Å². The molecule has 0 unspecified atom stereocenters. The Morgan fingerprint density at radius 1 is 1.16 bits per heavy atom. The minimum atomic E-state index is -0.468. The average molecular weight is 365 g/mol. The number of likely N-dealkylation sites (tertiary alicyclic amines) is 1. The molecular formula is C20H32N2O2S. The van der Waals surface area contributed by atoms with Crippen LogP contribution in [-0.2, 0) is 0 Å². The molecular weight excluding hydrogens is 332 g/mol. The number of piperidine rings is 1. The van der Waals surface area contributed by atoms with Gasteiger partial charge in [0.15, 0.2) is 0 Å². The van der Waals surface area contributed by atoms with Crippen LogP contribution in [0, 0.1) is 11.3 Å². The molecule has 1 aliphatic rings. The van der Waals surface area contributed by atoms with Gasteiger partial charge in [-0.3, -0.25) is 0 Å². The first-order valence-corrected chi connectivity index (χ1v) is 9.80. The summed E-state index contributed by atoms with van der Waals surface area (Å²) in [6.07, 6.45) is 0.365. The second kappa shape index (κ2) is 7.58.